The Hall–Kier alpha value is -3.43. The van der Waals surface area contributed by atoms with Crippen molar-refractivity contribution in [3.8, 4) is 11.3 Å². The lowest BCUT2D eigenvalue weighted by Crippen LogP contribution is -2.45. The quantitative estimate of drug-likeness (QED) is 0.488. The number of anilines is 1. The van der Waals surface area contributed by atoms with E-state index in [9.17, 15) is 4.79 Å². The highest BCUT2D eigenvalue weighted by atomic mass is 35.5. The third kappa shape index (κ3) is 4.29. The maximum Gasteiger partial charge on any atom is 0.270 e. The third-order valence-corrected chi connectivity index (χ3v) is 6.23. The summed E-state index contributed by atoms with van der Waals surface area (Å²) in [5, 5.41) is 12.5. The van der Waals surface area contributed by atoms with Crippen LogP contribution in [0.4, 0.5) is 5.82 Å². The highest BCUT2D eigenvalue weighted by Gasteiger charge is 2.23. The smallest absolute Gasteiger partial charge is 0.270 e. The first-order valence-electron chi connectivity index (χ1n) is 10.8. The van der Waals surface area contributed by atoms with Crippen LogP contribution in [0, 0.1) is 0 Å². The monoisotopic (exact) mass is 464 g/mol. The number of piperazine rings is 1. The minimum atomic E-state index is -0.236. The molecule has 1 fully saturated rings. The van der Waals surface area contributed by atoms with Crippen molar-refractivity contribution < 1.29 is 4.79 Å². The molecule has 3 aromatic heterocycles. The lowest BCUT2D eigenvalue weighted by Gasteiger charge is -2.34. The van der Waals surface area contributed by atoms with Gasteiger partial charge >= 0.3 is 0 Å². The lowest BCUT2D eigenvalue weighted by molar-refractivity contribution is 0.0946. The van der Waals surface area contributed by atoms with Crippen LogP contribution in [0.1, 0.15) is 16.1 Å². The molecule has 10 heteroatoms. The number of hydrogen-bond donors (Lipinski definition) is 1. The van der Waals surface area contributed by atoms with Gasteiger partial charge in [-0.1, -0.05) is 23.7 Å². The van der Waals surface area contributed by atoms with Crippen molar-refractivity contribution in [1.29, 1.82) is 0 Å². The zero-order valence-corrected chi connectivity index (χ0v) is 19.3. The summed E-state index contributed by atoms with van der Waals surface area (Å²) in [6.45, 7) is 3.97. The SMILES string of the molecule is CN1CCN(c2cc(C(=O)NCc3ccc(Cl)cc3)nc3c(-c4ccnn4C)cnn23)CC1. The van der Waals surface area contributed by atoms with Crippen molar-refractivity contribution in [2.75, 3.05) is 38.1 Å². The number of nitrogens with one attached hydrogen (secondary N) is 1. The Kier molecular flexibility index (Phi) is 5.74. The zero-order valence-electron chi connectivity index (χ0n) is 18.6. The molecular weight excluding hydrogens is 440 g/mol. The van der Waals surface area contributed by atoms with Crippen molar-refractivity contribution in [3.63, 3.8) is 0 Å². The Morgan fingerprint density at radius 3 is 2.52 bits per heavy atom. The first-order chi connectivity index (χ1) is 16.0. The Bertz CT molecular complexity index is 1290. The van der Waals surface area contributed by atoms with Crippen molar-refractivity contribution in [2.24, 2.45) is 7.05 Å². The molecule has 1 amide bonds. The third-order valence-electron chi connectivity index (χ3n) is 5.98. The molecule has 5 rings (SSSR count). The number of aryl methyl sites for hydroxylation is 1. The van der Waals surface area contributed by atoms with E-state index < -0.39 is 0 Å². The van der Waals surface area contributed by atoms with Gasteiger partial charge in [0.15, 0.2) is 5.65 Å². The first-order valence-corrected chi connectivity index (χ1v) is 11.2. The fraction of sp³-hybridized carbons (Fsp3) is 0.304. The maximum absolute atomic E-state index is 13.1. The van der Waals surface area contributed by atoms with Crippen LogP contribution in [-0.2, 0) is 13.6 Å². The predicted molar refractivity (Wildman–Crippen MR) is 128 cm³/mol. The van der Waals surface area contributed by atoms with Crippen LogP contribution >= 0.6 is 11.6 Å². The second-order valence-electron chi connectivity index (χ2n) is 8.23. The number of rotatable bonds is 5. The van der Waals surface area contributed by atoms with Crippen molar-refractivity contribution in [1.82, 2.24) is 34.6 Å². The van der Waals surface area contributed by atoms with Crippen molar-refractivity contribution in [3.05, 3.63) is 65.1 Å². The molecule has 33 heavy (non-hydrogen) atoms. The highest BCUT2D eigenvalue weighted by Crippen LogP contribution is 2.27. The van der Waals surface area contributed by atoms with Gasteiger partial charge in [0.25, 0.3) is 5.91 Å². The summed E-state index contributed by atoms with van der Waals surface area (Å²) in [6.07, 6.45) is 3.53. The number of likely N-dealkylation sites (N-methyl/N-ethyl adjacent to an activating group) is 1. The molecule has 1 aromatic carbocycles. The Labute approximate surface area is 196 Å². The predicted octanol–water partition coefficient (Wildman–Crippen LogP) is 2.46. The Morgan fingerprint density at radius 1 is 1.06 bits per heavy atom. The van der Waals surface area contributed by atoms with Crippen LogP contribution in [0.15, 0.2) is 48.8 Å². The second-order valence-corrected chi connectivity index (χ2v) is 8.67. The van der Waals surface area contributed by atoms with E-state index in [0.29, 0.717) is 22.9 Å². The molecule has 4 heterocycles. The molecular formula is C23H25ClN8O. The van der Waals surface area contributed by atoms with Crippen LogP contribution in [0.25, 0.3) is 16.9 Å². The van der Waals surface area contributed by atoms with Crippen LogP contribution in [0.5, 0.6) is 0 Å². The van der Waals surface area contributed by atoms with E-state index in [1.165, 1.54) is 0 Å². The summed E-state index contributed by atoms with van der Waals surface area (Å²) in [5.41, 5.74) is 3.67. The van der Waals surface area contributed by atoms with Gasteiger partial charge in [0.2, 0.25) is 0 Å². The summed E-state index contributed by atoms with van der Waals surface area (Å²) >= 11 is 5.96. The fourth-order valence-electron chi connectivity index (χ4n) is 4.02. The topological polar surface area (TPSA) is 83.6 Å². The maximum atomic E-state index is 13.1. The van der Waals surface area contributed by atoms with Crippen LogP contribution in [-0.4, -0.2) is 68.4 Å². The average Bonchev–Trinajstić information content (AvgIpc) is 3.44. The molecule has 0 unspecified atom stereocenters. The average molecular weight is 465 g/mol. The summed E-state index contributed by atoms with van der Waals surface area (Å²) in [4.78, 5) is 22.4. The molecule has 0 spiro atoms. The van der Waals surface area contributed by atoms with E-state index in [1.54, 1.807) is 17.1 Å². The van der Waals surface area contributed by atoms with Gasteiger partial charge in [-0.3, -0.25) is 9.48 Å². The number of nitrogens with zero attached hydrogens (tertiary/aromatic N) is 7. The summed E-state index contributed by atoms with van der Waals surface area (Å²) < 4.78 is 3.60. The summed E-state index contributed by atoms with van der Waals surface area (Å²) in [6, 6.07) is 11.2. The lowest BCUT2D eigenvalue weighted by atomic mass is 10.2. The van der Waals surface area contributed by atoms with E-state index in [1.807, 2.05) is 48.0 Å². The molecule has 1 saturated heterocycles. The van der Waals surface area contributed by atoms with Gasteiger partial charge in [-0.15, -0.1) is 0 Å². The Morgan fingerprint density at radius 2 is 1.82 bits per heavy atom. The number of benzene rings is 1. The minimum absolute atomic E-state index is 0.236. The number of fused-ring (bicyclic) bond motifs is 1. The molecule has 1 aliphatic heterocycles. The standard InChI is InChI=1S/C23H25ClN8O/c1-29-9-11-31(12-10-29)21-13-19(23(33)25-14-16-3-5-17(24)6-4-16)28-22-18(15-27-32(21)22)20-7-8-26-30(20)2/h3-8,13,15H,9-12,14H2,1-2H3,(H,25,33). The highest BCUT2D eigenvalue weighted by molar-refractivity contribution is 6.30. The van der Waals surface area contributed by atoms with Gasteiger partial charge in [-0.25, -0.2) is 4.98 Å². The number of hydrogen-bond acceptors (Lipinski definition) is 6. The van der Waals surface area contributed by atoms with Crippen molar-refractivity contribution >= 4 is 29.0 Å². The van der Waals surface area contributed by atoms with E-state index in [4.69, 9.17) is 16.6 Å². The number of amides is 1. The van der Waals surface area contributed by atoms with Gasteiger partial charge in [-0.2, -0.15) is 14.7 Å². The van der Waals surface area contributed by atoms with E-state index in [0.717, 1.165) is 48.8 Å². The van der Waals surface area contributed by atoms with E-state index >= 15 is 0 Å². The van der Waals surface area contributed by atoms with Crippen molar-refractivity contribution in [2.45, 2.75) is 6.54 Å². The van der Waals surface area contributed by atoms with Crippen LogP contribution in [0.2, 0.25) is 5.02 Å². The molecule has 170 valence electrons. The number of carbonyl (C=O) groups is 1. The van der Waals surface area contributed by atoms with Gasteiger partial charge < -0.3 is 15.1 Å². The molecule has 1 aliphatic rings. The summed E-state index contributed by atoms with van der Waals surface area (Å²) in [5.74, 6) is 0.623. The number of carbonyl (C=O) groups excluding carboxylic acids is 1. The molecule has 1 N–H and O–H groups in total. The Balaban J connectivity index is 1.52. The molecule has 0 atom stereocenters. The molecule has 0 aliphatic carbocycles. The molecule has 4 aromatic rings. The van der Waals surface area contributed by atoms with Gasteiger partial charge in [-0.05, 0) is 30.8 Å². The van der Waals surface area contributed by atoms with Crippen LogP contribution < -0.4 is 10.2 Å². The molecule has 0 bridgehead atoms. The largest absolute Gasteiger partial charge is 0.354 e. The minimum Gasteiger partial charge on any atom is -0.354 e. The first kappa shape index (κ1) is 21.4. The number of aromatic nitrogens is 5. The van der Waals surface area contributed by atoms with Gasteiger partial charge in [0.05, 0.1) is 17.5 Å². The molecule has 0 saturated carbocycles. The second kappa shape index (κ2) is 8.84. The van der Waals surface area contributed by atoms with Gasteiger partial charge in [0, 0.05) is 57.1 Å². The van der Waals surface area contributed by atoms with E-state index in [2.05, 4.69) is 32.4 Å². The number of halogens is 1. The normalized spacial score (nSPS) is 14.7. The molecule has 9 nitrogen and oxygen atoms in total. The summed E-state index contributed by atoms with van der Waals surface area (Å²) in [7, 11) is 3.99. The fourth-order valence-corrected chi connectivity index (χ4v) is 4.14. The molecule has 0 radical (unpaired) electrons. The van der Waals surface area contributed by atoms with Crippen LogP contribution in [0.3, 0.4) is 0 Å². The zero-order chi connectivity index (χ0) is 22.9. The van der Waals surface area contributed by atoms with Gasteiger partial charge in [0.1, 0.15) is 11.5 Å². The van der Waals surface area contributed by atoms with E-state index in [-0.39, 0.29) is 5.91 Å².